The first-order chi connectivity index (χ1) is 12.6. The molecule has 0 bridgehead atoms. The van der Waals surface area contributed by atoms with Crippen molar-refractivity contribution >= 4 is 44.6 Å². The maximum Gasteiger partial charge on any atom is 0.356 e. The van der Waals surface area contributed by atoms with Crippen LogP contribution in [0.2, 0.25) is 0 Å². The Balaban J connectivity index is 1.85. The van der Waals surface area contributed by atoms with Gasteiger partial charge in [0.05, 0.1) is 7.11 Å². The van der Waals surface area contributed by atoms with Gasteiger partial charge in [0.25, 0.3) is 0 Å². The van der Waals surface area contributed by atoms with Crippen molar-refractivity contribution in [2.24, 2.45) is 0 Å². The number of carbonyl (C=O) groups is 2. The van der Waals surface area contributed by atoms with Gasteiger partial charge < -0.3 is 14.5 Å². The SMILES string of the molecule is COC(=O)c1cc(-c2nc3cc(NC(=O)CCCBr)ccc3o2)ccn1. The number of hydrogen-bond acceptors (Lipinski definition) is 6. The van der Waals surface area contributed by atoms with Crippen LogP contribution in [0.1, 0.15) is 23.3 Å². The molecule has 1 aromatic carbocycles. The van der Waals surface area contributed by atoms with Gasteiger partial charge in [-0.1, -0.05) is 15.9 Å². The van der Waals surface area contributed by atoms with E-state index in [0.29, 0.717) is 34.7 Å². The number of anilines is 1. The number of nitrogens with zero attached hydrogens (tertiary/aromatic N) is 2. The van der Waals surface area contributed by atoms with Crippen LogP contribution >= 0.6 is 15.9 Å². The van der Waals surface area contributed by atoms with Crippen LogP contribution in [0.25, 0.3) is 22.6 Å². The van der Waals surface area contributed by atoms with Gasteiger partial charge in [-0.25, -0.2) is 14.8 Å². The number of benzene rings is 1. The van der Waals surface area contributed by atoms with Gasteiger partial charge in [-0.2, -0.15) is 0 Å². The molecular weight excluding hydrogens is 402 g/mol. The highest BCUT2D eigenvalue weighted by atomic mass is 79.9. The number of oxazole rings is 1. The summed E-state index contributed by atoms with van der Waals surface area (Å²) in [6.45, 7) is 0. The molecule has 3 rings (SSSR count). The van der Waals surface area contributed by atoms with Crippen LogP contribution in [0, 0.1) is 0 Å². The predicted molar refractivity (Wildman–Crippen MR) is 100 cm³/mol. The Morgan fingerprint density at radius 1 is 1.27 bits per heavy atom. The minimum absolute atomic E-state index is 0.0515. The molecule has 7 nitrogen and oxygen atoms in total. The van der Waals surface area contributed by atoms with Gasteiger partial charge in [-0.15, -0.1) is 0 Å². The number of aromatic nitrogens is 2. The summed E-state index contributed by atoms with van der Waals surface area (Å²) >= 11 is 3.30. The number of carbonyl (C=O) groups excluding carboxylic acids is 2. The molecule has 0 fully saturated rings. The maximum atomic E-state index is 11.8. The van der Waals surface area contributed by atoms with Crippen molar-refractivity contribution in [2.45, 2.75) is 12.8 Å². The molecule has 0 saturated heterocycles. The summed E-state index contributed by atoms with van der Waals surface area (Å²) < 4.78 is 10.4. The van der Waals surface area contributed by atoms with Crippen LogP contribution in [0.15, 0.2) is 40.9 Å². The summed E-state index contributed by atoms with van der Waals surface area (Å²) in [4.78, 5) is 31.8. The van der Waals surface area contributed by atoms with Crippen LogP contribution in [0.5, 0.6) is 0 Å². The number of alkyl halides is 1. The lowest BCUT2D eigenvalue weighted by molar-refractivity contribution is -0.116. The number of rotatable bonds is 6. The number of halogens is 1. The molecule has 0 unspecified atom stereocenters. The van der Waals surface area contributed by atoms with Crippen molar-refractivity contribution in [2.75, 3.05) is 17.8 Å². The van der Waals surface area contributed by atoms with E-state index in [0.717, 1.165) is 11.8 Å². The molecule has 1 N–H and O–H groups in total. The van der Waals surface area contributed by atoms with Crippen LogP contribution in [-0.4, -0.2) is 34.3 Å². The van der Waals surface area contributed by atoms with Gasteiger partial charge in [0.15, 0.2) is 5.58 Å². The number of methoxy groups -OCH3 is 1. The Labute approximate surface area is 157 Å². The van der Waals surface area contributed by atoms with Crippen molar-refractivity contribution in [1.82, 2.24) is 9.97 Å². The van der Waals surface area contributed by atoms with Gasteiger partial charge in [0, 0.05) is 29.2 Å². The summed E-state index contributed by atoms with van der Waals surface area (Å²) in [5.41, 5.74) is 2.62. The van der Waals surface area contributed by atoms with Crippen molar-refractivity contribution in [3.8, 4) is 11.5 Å². The number of esters is 1. The summed E-state index contributed by atoms with van der Waals surface area (Å²) in [6, 6.07) is 8.50. The van der Waals surface area contributed by atoms with E-state index in [9.17, 15) is 9.59 Å². The monoisotopic (exact) mass is 417 g/mol. The van der Waals surface area contributed by atoms with E-state index in [1.54, 1.807) is 30.3 Å². The molecule has 0 aliphatic rings. The first kappa shape index (κ1) is 18.1. The van der Waals surface area contributed by atoms with Crippen molar-refractivity contribution in [1.29, 1.82) is 0 Å². The van der Waals surface area contributed by atoms with E-state index in [1.165, 1.54) is 13.3 Å². The molecule has 0 aliphatic heterocycles. The van der Waals surface area contributed by atoms with E-state index in [4.69, 9.17) is 4.42 Å². The molecule has 0 radical (unpaired) electrons. The highest BCUT2D eigenvalue weighted by Crippen LogP contribution is 2.26. The van der Waals surface area contributed by atoms with Crippen molar-refractivity contribution < 1.29 is 18.7 Å². The Morgan fingerprint density at radius 3 is 2.88 bits per heavy atom. The second-order valence-electron chi connectivity index (χ2n) is 5.46. The molecule has 134 valence electrons. The molecule has 0 spiro atoms. The van der Waals surface area contributed by atoms with Crippen molar-refractivity contribution in [3.63, 3.8) is 0 Å². The number of nitrogens with one attached hydrogen (secondary N) is 1. The fourth-order valence-corrected chi connectivity index (χ4v) is 2.64. The topological polar surface area (TPSA) is 94.3 Å². The lowest BCUT2D eigenvalue weighted by Crippen LogP contribution is -2.11. The number of amides is 1. The number of hydrogen-bond donors (Lipinski definition) is 1. The summed E-state index contributed by atoms with van der Waals surface area (Å²) in [7, 11) is 1.30. The largest absolute Gasteiger partial charge is 0.464 e. The second-order valence-corrected chi connectivity index (χ2v) is 6.26. The molecule has 8 heteroatoms. The molecule has 2 heterocycles. The van der Waals surface area contributed by atoms with Gasteiger partial charge in [0.1, 0.15) is 11.2 Å². The van der Waals surface area contributed by atoms with E-state index in [-0.39, 0.29) is 11.6 Å². The van der Waals surface area contributed by atoms with E-state index < -0.39 is 5.97 Å². The molecule has 0 aliphatic carbocycles. The number of fused-ring (bicyclic) bond motifs is 1. The molecule has 1 amide bonds. The Morgan fingerprint density at radius 2 is 2.12 bits per heavy atom. The third-order valence-corrected chi connectivity index (χ3v) is 4.17. The van der Waals surface area contributed by atoms with Gasteiger partial charge in [-0.05, 0) is 36.8 Å². The summed E-state index contributed by atoms with van der Waals surface area (Å²) in [5.74, 6) is -0.226. The van der Waals surface area contributed by atoms with E-state index in [2.05, 4.69) is 36.0 Å². The van der Waals surface area contributed by atoms with E-state index >= 15 is 0 Å². The molecule has 3 aromatic rings. The minimum Gasteiger partial charge on any atom is -0.464 e. The lowest BCUT2D eigenvalue weighted by atomic mass is 10.2. The van der Waals surface area contributed by atoms with Gasteiger partial charge >= 0.3 is 5.97 Å². The molecule has 0 saturated carbocycles. The minimum atomic E-state index is -0.531. The van der Waals surface area contributed by atoms with Gasteiger partial charge in [0.2, 0.25) is 11.8 Å². The normalized spacial score (nSPS) is 10.7. The third kappa shape index (κ3) is 4.08. The fraction of sp³-hybridized carbons (Fsp3) is 0.222. The smallest absolute Gasteiger partial charge is 0.356 e. The van der Waals surface area contributed by atoms with Crippen LogP contribution in [-0.2, 0) is 9.53 Å². The zero-order valence-electron chi connectivity index (χ0n) is 14.0. The zero-order chi connectivity index (χ0) is 18.5. The van der Waals surface area contributed by atoms with Gasteiger partial charge in [-0.3, -0.25) is 4.79 Å². The highest BCUT2D eigenvalue weighted by Gasteiger charge is 2.13. The summed E-state index contributed by atoms with van der Waals surface area (Å²) in [5, 5.41) is 3.62. The first-order valence-corrected chi connectivity index (χ1v) is 9.04. The Bertz CT molecular complexity index is 955. The van der Waals surface area contributed by atoms with Crippen molar-refractivity contribution in [3.05, 3.63) is 42.2 Å². The van der Waals surface area contributed by atoms with Crippen LogP contribution in [0.3, 0.4) is 0 Å². The van der Waals surface area contributed by atoms with E-state index in [1.807, 2.05) is 0 Å². The molecule has 2 aromatic heterocycles. The van der Waals surface area contributed by atoms with Crippen LogP contribution in [0.4, 0.5) is 5.69 Å². The Kier molecular flexibility index (Phi) is 5.62. The molecule has 0 atom stereocenters. The molecule has 26 heavy (non-hydrogen) atoms. The standard InChI is InChI=1S/C18H16BrN3O4/c1-25-18(24)14-9-11(6-8-20-14)17-22-13-10-12(4-5-15(13)26-17)21-16(23)3-2-7-19/h4-6,8-10H,2-3,7H2,1H3,(H,21,23). The first-order valence-electron chi connectivity index (χ1n) is 7.92. The maximum absolute atomic E-state index is 11.8. The third-order valence-electron chi connectivity index (χ3n) is 3.61. The number of pyridine rings is 1. The zero-order valence-corrected chi connectivity index (χ0v) is 15.6. The average Bonchev–Trinajstić information content (AvgIpc) is 3.09. The average molecular weight is 418 g/mol. The summed E-state index contributed by atoms with van der Waals surface area (Å²) in [6.07, 6.45) is 2.71. The highest BCUT2D eigenvalue weighted by molar-refractivity contribution is 9.09. The fourth-order valence-electron chi connectivity index (χ4n) is 2.36. The Hall–Kier alpha value is -2.74. The number of ether oxygens (including phenoxy) is 1. The second kappa shape index (κ2) is 8.09. The predicted octanol–water partition coefficient (Wildman–Crippen LogP) is 3.79. The lowest BCUT2D eigenvalue weighted by Gasteiger charge is -2.03. The quantitative estimate of drug-likeness (QED) is 0.484. The van der Waals surface area contributed by atoms with Crippen LogP contribution < -0.4 is 5.32 Å². The molecular formula is C18H16BrN3O4.